The van der Waals surface area contributed by atoms with Crippen LogP contribution in [0.2, 0.25) is 0 Å². The molecule has 0 saturated carbocycles. The molecule has 0 unspecified atom stereocenters. The Labute approximate surface area is 185 Å². The zero-order valence-corrected chi connectivity index (χ0v) is 19.2. The number of amides is 1. The number of benzene rings is 2. The van der Waals surface area contributed by atoms with E-state index in [0.29, 0.717) is 5.92 Å². The van der Waals surface area contributed by atoms with Gasteiger partial charge in [-0.25, -0.2) is 4.68 Å². The SMILES string of the molecule is CC(C)=C(C)C(=O)N1CCCC(c2nn(-c3ccc(C)cc3)c3ccccc23)CCC1. The highest BCUT2D eigenvalue weighted by molar-refractivity contribution is 5.93. The molecule has 0 aliphatic carbocycles. The van der Waals surface area contributed by atoms with E-state index >= 15 is 0 Å². The highest BCUT2D eigenvalue weighted by Gasteiger charge is 2.24. The van der Waals surface area contributed by atoms with Gasteiger partial charge in [0.1, 0.15) is 0 Å². The lowest BCUT2D eigenvalue weighted by atomic mass is 9.90. The van der Waals surface area contributed by atoms with E-state index in [-0.39, 0.29) is 5.91 Å². The fraction of sp³-hybridized carbons (Fsp3) is 0.407. The first kappa shape index (κ1) is 21.4. The molecule has 1 amide bonds. The molecule has 0 atom stereocenters. The minimum Gasteiger partial charge on any atom is -0.339 e. The first-order valence-corrected chi connectivity index (χ1v) is 11.4. The molecule has 1 aromatic heterocycles. The molecule has 1 aliphatic heterocycles. The van der Waals surface area contributed by atoms with E-state index in [1.165, 1.54) is 22.2 Å². The summed E-state index contributed by atoms with van der Waals surface area (Å²) in [4.78, 5) is 14.8. The maximum atomic E-state index is 12.8. The lowest BCUT2D eigenvalue weighted by Gasteiger charge is -2.28. The molecule has 1 aliphatic rings. The van der Waals surface area contributed by atoms with Crippen molar-refractivity contribution in [3.8, 4) is 5.69 Å². The Kier molecular flexibility index (Phi) is 6.26. The van der Waals surface area contributed by atoms with Crippen LogP contribution in [0.4, 0.5) is 0 Å². The van der Waals surface area contributed by atoms with Crippen LogP contribution in [0.5, 0.6) is 0 Å². The smallest absolute Gasteiger partial charge is 0.249 e. The van der Waals surface area contributed by atoms with Crippen molar-refractivity contribution in [3.05, 3.63) is 70.9 Å². The minimum atomic E-state index is 0.201. The predicted octanol–water partition coefficient (Wildman–Crippen LogP) is 6.18. The second-order valence-corrected chi connectivity index (χ2v) is 9.05. The van der Waals surface area contributed by atoms with Crippen molar-refractivity contribution < 1.29 is 4.79 Å². The number of fused-ring (bicyclic) bond motifs is 1. The number of allylic oxidation sites excluding steroid dienone is 1. The summed E-state index contributed by atoms with van der Waals surface area (Å²) in [5.74, 6) is 0.631. The number of rotatable bonds is 3. The summed E-state index contributed by atoms with van der Waals surface area (Å²) in [7, 11) is 0. The molecule has 1 saturated heterocycles. The second kappa shape index (κ2) is 9.09. The average Bonchev–Trinajstić information content (AvgIpc) is 3.13. The first-order chi connectivity index (χ1) is 15.0. The van der Waals surface area contributed by atoms with Crippen molar-refractivity contribution in [2.45, 2.75) is 59.3 Å². The summed E-state index contributed by atoms with van der Waals surface area (Å²) in [6.07, 6.45) is 4.15. The van der Waals surface area contributed by atoms with E-state index in [1.807, 2.05) is 25.7 Å². The van der Waals surface area contributed by atoms with E-state index in [1.54, 1.807) is 0 Å². The van der Waals surface area contributed by atoms with Crippen LogP contribution in [-0.2, 0) is 4.79 Å². The summed E-state index contributed by atoms with van der Waals surface area (Å²) in [6.45, 7) is 9.75. The van der Waals surface area contributed by atoms with E-state index in [2.05, 4.69) is 60.1 Å². The number of aromatic nitrogens is 2. The van der Waals surface area contributed by atoms with E-state index in [0.717, 1.165) is 55.6 Å². The van der Waals surface area contributed by atoms with Gasteiger partial charge in [-0.1, -0.05) is 41.5 Å². The van der Waals surface area contributed by atoms with Crippen LogP contribution in [0.15, 0.2) is 59.7 Å². The maximum absolute atomic E-state index is 12.8. The lowest BCUT2D eigenvalue weighted by molar-refractivity contribution is -0.127. The Morgan fingerprint density at radius 3 is 2.23 bits per heavy atom. The molecule has 1 fully saturated rings. The van der Waals surface area contributed by atoms with Gasteiger partial charge in [-0.2, -0.15) is 5.10 Å². The fourth-order valence-corrected chi connectivity index (χ4v) is 4.52. The van der Waals surface area contributed by atoms with Gasteiger partial charge in [-0.15, -0.1) is 0 Å². The highest BCUT2D eigenvalue weighted by Crippen LogP contribution is 2.34. The summed E-state index contributed by atoms with van der Waals surface area (Å²) in [6, 6.07) is 17.1. The van der Waals surface area contributed by atoms with Gasteiger partial charge in [0.25, 0.3) is 0 Å². The van der Waals surface area contributed by atoms with Gasteiger partial charge in [0.15, 0.2) is 0 Å². The predicted molar refractivity (Wildman–Crippen MR) is 128 cm³/mol. The number of hydrogen-bond acceptors (Lipinski definition) is 2. The molecule has 0 radical (unpaired) electrons. The van der Waals surface area contributed by atoms with Crippen molar-refractivity contribution in [1.29, 1.82) is 0 Å². The Morgan fingerprint density at radius 2 is 1.58 bits per heavy atom. The highest BCUT2D eigenvalue weighted by atomic mass is 16.2. The number of para-hydroxylation sites is 1. The number of likely N-dealkylation sites (tertiary alicyclic amines) is 1. The third kappa shape index (κ3) is 4.43. The summed E-state index contributed by atoms with van der Waals surface area (Å²) < 4.78 is 2.09. The number of carbonyl (C=O) groups is 1. The molecular weight excluding hydrogens is 382 g/mol. The van der Waals surface area contributed by atoms with Gasteiger partial charge in [0.2, 0.25) is 5.91 Å². The van der Waals surface area contributed by atoms with Gasteiger partial charge in [0, 0.05) is 30.0 Å². The van der Waals surface area contributed by atoms with Gasteiger partial charge < -0.3 is 4.90 Å². The van der Waals surface area contributed by atoms with E-state index in [9.17, 15) is 4.79 Å². The molecule has 0 spiro atoms. The molecule has 2 aromatic carbocycles. The summed E-state index contributed by atoms with van der Waals surface area (Å²) >= 11 is 0. The quantitative estimate of drug-likeness (QED) is 0.479. The molecule has 4 nitrogen and oxygen atoms in total. The van der Waals surface area contributed by atoms with Gasteiger partial charge in [-0.05, 0) is 71.6 Å². The van der Waals surface area contributed by atoms with Gasteiger partial charge in [0.05, 0.1) is 16.9 Å². The molecular formula is C27H33N3O. The van der Waals surface area contributed by atoms with Crippen molar-refractivity contribution in [1.82, 2.24) is 14.7 Å². The fourth-order valence-electron chi connectivity index (χ4n) is 4.52. The monoisotopic (exact) mass is 415 g/mol. The van der Waals surface area contributed by atoms with Crippen molar-refractivity contribution >= 4 is 16.8 Å². The molecule has 2 heterocycles. The van der Waals surface area contributed by atoms with Crippen LogP contribution >= 0.6 is 0 Å². The standard InChI is InChI=1S/C27H33N3O/c1-19(2)21(4)27(31)29-17-7-9-22(10-8-18-29)26-24-11-5-6-12-25(24)30(28-26)23-15-13-20(3)14-16-23/h5-6,11-16,22H,7-10,17-18H2,1-4H3. The molecule has 4 heteroatoms. The number of aryl methyl sites for hydroxylation is 1. The number of carbonyl (C=O) groups excluding carboxylic acids is 1. The van der Waals surface area contributed by atoms with Gasteiger partial charge in [-0.3, -0.25) is 4.79 Å². The normalized spacial score (nSPS) is 15.5. The van der Waals surface area contributed by atoms with Crippen LogP contribution in [0, 0.1) is 6.92 Å². The topological polar surface area (TPSA) is 38.1 Å². The zero-order chi connectivity index (χ0) is 22.0. The molecule has 162 valence electrons. The van der Waals surface area contributed by atoms with Crippen LogP contribution < -0.4 is 0 Å². The lowest BCUT2D eigenvalue weighted by Crippen LogP contribution is -2.35. The van der Waals surface area contributed by atoms with E-state index < -0.39 is 0 Å². The van der Waals surface area contributed by atoms with Crippen molar-refractivity contribution in [2.24, 2.45) is 0 Å². The minimum absolute atomic E-state index is 0.201. The number of hydrogen-bond donors (Lipinski definition) is 0. The molecule has 0 bridgehead atoms. The van der Waals surface area contributed by atoms with Crippen LogP contribution in [-0.4, -0.2) is 33.7 Å². The largest absolute Gasteiger partial charge is 0.339 e. The summed E-state index contributed by atoms with van der Waals surface area (Å²) in [5.41, 5.74) is 6.73. The van der Waals surface area contributed by atoms with Crippen molar-refractivity contribution in [2.75, 3.05) is 13.1 Å². The molecule has 0 N–H and O–H groups in total. The Morgan fingerprint density at radius 1 is 0.935 bits per heavy atom. The zero-order valence-electron chi connectivity index (χ0n) is 19.2. The molecule has 4 rings (SSSR count). The van der Waals surface area contributed by atoms with Crippen LogP contribution in [0.1, 0.15) is 63.6 Å². The van der Waals surface area contributed by atoms with E-state index in [4.69, 9.17) is 5.10 Å². The third-order valence-electron chi connectivity index (χ3n) is 6.60. The molecule has 31 heavy (non-hydrogen) atoms. The van der Waals surface area contributed by atoms with Crippen LogP contribution in [0.25, 0.3) is 16.6 Å². The first-order valence-electron chi connectivity index (χ1n) is 11.4. The number of nitrogens with zero attached hydrogens (tertiary/aromatic N) is 3. The Balaban J connectivity index is 1.58. The summed E-state index contributed by atoms with van der Waals surface area (Å²) in [5, 5.41) is 6.37. The van der Waals surface area contributed by atoms with Gasteiger partial charge >= 0.3 is 0 Å². The van der Waals surface area contributed by atoms with Crippen LogP contribution in [0.3, 0.4) is 0 Å². The molecule has 3 aromatic rings. The second-order valence-electron chi connectivity index (χ2n) is 9.05. The third-order valence-corrected chi connectivity index (χ3v) is 6.60. The van der Waals surface area contributed by atoms with Crippen molar-refractivity contribution in [3.63, 3.8) is 0 Å². The Hall–Kier alpha value is -2.88. The maximum Gasteiger partial charge on any atom is 0.249 e. The Bertz CT molecular complexity index is 1090. The average molecular weight is 416 g/mol.